The first-order chi connectivity index (χ1) is 8.06. The molecule has 0 amide bonds. The van der Waals surface area contributed by atoms with Crippen LogP contribution in [-0.4, -0.2) is 5.78 Å². The van der Waals surface area contributed by atoms with Gasteiger partial charge in [-0.25, -0.2) is 0 Å². The van der Waals surface area contributed by atoms with Gasteiger partial charge in [-0.3, -0.25) is 4.79 Å². The monoisotopic (exact) mass is 250 g/mol. The van der Waals surface area contributed by atoms with E-state index in [1.165, 1.54) is 5.56 Å². The van der Waals surface area contributed by atoms with Crippen molar-refractivity contribution in [1.82, 2.24) is 0 Å². The van der Waals surface area contributed by atoms with Gasteiger partial charge in [0.15, 0.2) is 0 Å². The minimum Gasteiger partial charge on any atom is -0.299 e. The van der Waals surface area contributed by atoms with E-state index in [4.69, 9.17) is 11.6 Å². The SMILES string of the molecule is Cc1ccc(CC2CC(C)CCC2=O)c(Cl)c1. The van der Waals surface area contributed by atoms with Gasteiger partial charge in [-0.15, -0.1) is 0 Å². The van der Waals surface area contributed by atoms with E-state index in [9.17, 15) is 4.79 Å². The molecule has 1 aliphatic carbocycles. The van der Waals surface area contributed by atoms with Crippen molar-refractivity contribution in [2.75, 3.05) is 0 Å². The van der Waals surface area contributed by atoms with Gasteiger partial charge in [-0.1, -0.05) is 30.7 Å². The average molecular weight is 251 g/mol. The molecule has 2 atom stereocenters. The predicted octanol–water partition coefficient (Wildman–Crippen LogP) is 4.20. The fourth-order valence-corrected chi connectivity index (χ4v) is 2.92. The molecule has 0 radical (unpaired) electrons. The second kappa shape index (κ2) is 5.22. The van der Waals surface area contributed by atoms with E-state index in [1.807, 2.05) is 13.0 Å². The standard InChI is InChI=1S/C15H19ClO/c1-10-4-6-15(17)13(7-10)9-12-5-3-11(2)8-14(12)16/h3,5,8,10,13H,4,6-7,9H2,1-2H3. The number of hydrogen-bond donors (Lipinski definition) is 0. The molecule has 1 aromatic rings. The Bertz CT molecular complexity index is 425. The first-order valence-corrected chi connectivity index (χ1v) is 6.72. The molecule has 2 rings (SSSR count). The number of carbonyl (C=O) groups is 1. The van der Waals surface area contributed by atoms with Crippen LogP contribution in [0.25, 0.3) is 0 Å². The summed E-state index contributed by atoms with van der Waals surface area (Å²) in [5.41, 5.74) is 2.28. The van der Waals surface area contributed by atoms with Crippen LogP contribution in [0.1, 0.15) is 37.3 Å². The number of rotatable bonds is 2. The number of ketones is 1. The molecule has 2 heteroatoms. The number of aryl methyl sites for hydroxylation is 1. The lowest BCUT2D eigenvalue weighted by molar-refractivity contribution is -0.125. The van der Waals surface area contributed by atoms with Crippen LogP contribution in [0.3, 0.4) is 0 Å². The van der Waals surface area contributed by atoms with Gasteiger partial charge in [0.25, 0.3) is 0 Å². The fraction of sp³-hybridized carbons (Fsp3) is 0.533. The Labute approximate surface area is 108 Å². The highest BCUT2D eigenvalue weighted by molar-refractivity contribution is 6.31. The molecule has 1 nitrogen and oxygen atoms in total. The van der Waals surface area contributed by atoms with E-state index in [0.717, 1.165) is 36.3 Å². The summed E-state index contributed by atoms with van der Waals surface area (Å²) < 4.78 is 0. The van der Waals surface area contributed by atoms with Crippen LogP contribution in [0.15, 0.2) is 18.2 Å². The molecule has 1 fully saturated rings. The summed E-state index contributed by atoms with van der Waals surface area (Å²) in [7, 11) is 0. The van der Waals surface area contributed by atoms with E-state index in [-0.39, 0.29) is 5.92 Å². The smallest absolute Gasteiger partial charge is 0.136 e. The van der Waals surface area contributed by atoms with Crippen molar-refractivity contribution >= 4 is 17.4 Å². The second-order valence-electron chi connectivity index (χ2n) is 5.34. The third-order valence-corrected chi connectivity index (χ3v) is 4.05. The first kappa shape index (κ1) is 12.6. The highest BCUT2D eigenvalue weighted by Gasteiger charge is 2.26. The number of hydrogen-bond acceptors (Lipinski definition) is 1. The number of halogens is 1. The maximum Gasteiger partial charge on any atom is 0.136 e. The highest BCUT2D eigenvalue weighted by atomic mass is 35.5. The van der Waals surface area contributed by atoms with E-state index in [0.29, 0.717) is 11.7 Å². The highest BCUT2D eigenvalue weighted by Crippen LogP contribution is 2.30. The molecule has 2 unspecified atom stereocenters. The summed E-state index contributed by atoms with van der Waals surface area (Å²) in [6.07, 6.45) is 3.62. The van der Waals surface area contributed by atoms with Crippen molar-refractivity contribution < 1.29 is 4.79 Å². The quantitative estimate of drug-likeness (QED) is 0.769. The Balaban J connectivity index is 2.11. The lowest BCUT2D eigenvalue weighted by Gasteiger charge is -2.25. The lowest BCUT2D eigenvalue weighted by Crippen LogP contribution is -2.25. The first-order valence-electron chi connectivity index (χ1n) is 6.34. The molecule has 0 spiro atoms. The van der Waals surface area contributed by atoms with Gasteiger partial charge in [0, 0.05) is 17.4 Å². The molecule has 0 aromatic heterocycles. The van der Waals surface area contributed by atoms with Gasteiger partial charge >= 0.3 is 0 Å². The lowest BCUT2D eigenvalue weighted by atomic mass is 9.78. The van der Waals surface area contributed by atoms with Gasteiger partial charge < -0.3 is 0 Å². The van der Waals surface area contributed by atoms with Gasteiger partial charge in [0.05, 0.1) is 0 Å². The van der Waals surface area contributed by atoms with Crippen LogP contribution in [-0.2, 0) is 11.2 Å². The van der Waals surface area contributed by atoms with Crippen molar-refractivity contribution in [2.45, 2.75) is 39.5 Å². The Morgan fingerprint density at radius 2 is 2.18 bits per heavy atom. The predicted molar refractivity (Wildman–Crippen MR) is 71.4 cm³/mol. The zero-order valence-corrected chi connectivity index (χ0v) is 11.3. The van der Waals surface area contributed by atoms with Crippen molar-refractivity contribution in [3.63, 3.8) is 0 Å². The zero-order valence-electron chi connectivity index (χ0n) is 10.5. The summed E-state index contributed by atoms with van der Waals surface area (Å²) in [5, 5.41) is 0.802. The van der Waals surface area contributed by atoms with E-state index < -0.39 is 0 Å². The van der Waals surface area contributed by atoms with Crippen LogP contribution in [0.5, 0.6) is 0 Å². The summed E-state index contributed by atoms with van der Waals surface area (Å²) in [5.74, 6) is 1.26. The molecule has 0 bridgehead atoms. The van der Waals surface area contributed by atoms with Crippen molar-refractivity contribution in [2.24, 2.45) is 11.8 Å². The minimum absolute atomic E-state index is 0.180. The minimum atomic E-state index is 0.180. The Kier molecular flexibility index (Phi) is 3.88. The van der Waals surface area contributed by atoms with Crippen molar-refractivity contribution in [3.05, 3.63) is 34.3 Å². The number of carbonyl (C=O) groups excluding carboxylic acids is 1. The summed E-state index contributed by atoms with van der Waals surface area (Å²) in [6.45, 7) is 4.26. The Hall–Kier alpha value is -0.820. The Morgan fingerprint density at radius 3 is 2.88 bits per heavy atom. The van der Waals surface area contributed by atoms with Gasteiger partial charge in [-0.05, 0) is 49.3 Å². The summed E-state index contributed by atoms with van der Waals surface area (Å²) in [6, 6.07) is 6.11. The molecule has 1 aromatic carbocycles. The molecule has 17 heavy (non-hydrogen) atoms. The maximum absolute atomic E-state index is 11.9. The number of benzene rings is 1. The third-order valence-electron chi connectivity index (χ3n) is 3.70. The molecular formula is C15H19ClO. The van der Waals surface area contributed by atoms with E-state index in [1.54, 1.807) is 0 Å². The normalized spacial score (nSPS) is 25.0. The second-order valence-corrected chi connectivity index (χ2v) is 5.75. The molecule has 0 saturated heterocycles. The van der Waals surface area contributed by atoms with Gasteiger partial charge in [0.2, 0.25) is 0 Å². The van der Waals surface area contributed by atoms with E-state index >= 15 is 0 Å². The van der Waals surface area contributed by atoms with E-state index in [2.05, 4.69) is 19.1 Å². The summed E-state index contributed by atoms with van der Waals surface area (Å²) >= 11 is 6.22. The average Bonchev–Trinajstić information content (AvgIpc) is 2.27. The zero-order chi connectivity index (χ0) is 12.4. The fourth-order valence-electron chi connectivity index (χ4n) is 2.61. The largest absolute Gasteiger partial charge is 0.299 e. The summed E-state index contributed by atoms with van der Waals surface area (Å²) in [4.78, 5) is 11.9. The van der Waals surface area contributed by atoms with Gasteiger partial charge in [0.1, 0.15) is 5.78 Å². The molecule has 0 N–H and O–H groups in total. The molecule has 1 saturated carbocycles. The third kappa shape index (κ3) is 3.10. The molecule has 0 heterocycles. The van der Waals surface area contributed by atoms with Crippen LogP contribution < -0.4 is 0 Å². The van der Waals surface area contributed by atoms with Gasteiger partial charge in [-0.2, -0.15) is 0 Å². The molecule has 1 aliphatic rings. The van der Waals surface area contributed by atoms with Crippen LogP contribution in [0, 0.1) is 18.8 Å². The van der Waals surface area contributed by atoms with Crippen molar-refractivity contribution in [3.8, 4) is 0 Å². The molecule has 92 valence electrons. The van der Waals surface area contributed by atoms with Crippen molar-refractivity contribution in [1.29, 1.82) is 0 Å². The Morgan fingerprint density at radius 1 is 1.41 bits per heavy atom. The molecular weight excluding hydrogens is 232 g/mol. The van der Waals surface area contributed by atoms with Crippen LogP contribution >= 0.6 is 11.6 Å². The van der Waals surface area contributed by atoms with Crippen LogP contribution in [0.2, 0.25) is 5.02 Å². The topological polar surface area (TPSA) is 17.1 Å². The maximum atomic E-state index is 11.9. The number of Topliss-reactive ketones (excluding diaryl/α,β-unsaturated/α-hetero) is 1. The molecule has 0 aliphatic heterocycles. The van der Waals surface area contributed by atoms with Crippen LogP contribution in [0.4, 0.5) is 0 Å².